The lowest BCUT2D eigenvalue weighted by Crippen LogP contribution is -2.29. The Kier molecular flexibility index (Phi) is 8.21. The standard InChI is InChI=1S/C33H30N2O5/c1-2-3-18-39-27-15-8-12-25(20-27)31(36)29-30(35(33(38)32(29)37)22-23-10-9-17-34-21-23)24-11-7-16-28(19-24)40-26-13-5-4-6-14-26/h4-17,19-21,30,36H,2-3,18,22H2,1H3/b31-29+. The van der Waals surface area contributed by atoms with E-state index < -0.39 is 17.7 Å². The molecule has 5 rings (SSSR count). The number of aliphatic hydroxyl groups is 1. The van der Waals surface area contributed by atoms with Crippen molar-refractivity contribution in [2.24, 2.45) is 0 Å². The van der Waals surface area contributed by atoms with Crippen LogP contribution >= 0.6 is 0 Å². The molecule has 1 unspecified atom stereocenters. The molecule has 202 valence electrons. The number of unbranched alkanes of at least 4 members (excludes halogenated alkanes) is 1. The number of benzene rings is 3. The van der Waals surface area contributed by atoms with Crippen LogP contribution in [0, 0.1) is 0 Å². The maximum Gasteiger partial charge on any atom is 0.295 e. The highest BCUT2D eigenvalue weighted by Gasteiger charge is 2.46. The van der Waals surface area contributed by atoms with Crippen LogP contribution in [0.5, 0.6) is 17.2 Å². The highest BCUT2D eigenvalue weighted by molar-refractivity contribution is 6.46. The fourth-order valence-electron chi connectivity index (χ4n) is 4.67. The van der Waals surface area contributed by atoms with E-state index in [4.69, 9.17) is 9.47 Å². The number of aliphatic hydroxyl groups excluding tert-OH is 1. The number of ketones is 1. The summed E-state index contributed by atoms with van der Waals surface area (Å²) >= 11 is 0. The van der Waals surface area contributed by atoms with E-state index in [2.05, 4.69) is 11.9 Å². The summed E-state index contributed by atoms with van der Waals surface area (Å²) in [4.78, 5) is 32.5. The predicted molar refractivity (Wildman–Crippen MR) is 152 cm³/mol. The molecule has 4 aromatic rings. The second-order valence-corrected chi connectivity index (χ2v) is 9.51. The molecule has 1 fully saturated rings. The van der Waals surface area contributed by atoms with Crippen LogP contribution in [0.4, 0.5) is 0 Å². The first-order valence-electron chi connectivity index (χ1n) is 13.3. The molecule has 1 aliphatic rings. The van der Waals surface area contributed by atoms with Gasteiger partial charge in [0, 0.05) is 24.5 Å². The van der Waals surface area contributed by atoms with Crippen LogP contribution in [0.25, 0.3) is 5.76 Å². The van der Waals surface area contributed by atoms with Gasteiger partial charge in [0.1, 0.15) is 23.0 Å². The van der Waals surface area contributed by atoms with Crippen molar-refractivity contribution >= 4 is 17.4 Å². The van der Waals surface area contributed by atoms with Crippen LogP contribution in [0.3, 0.4) is 0 Å². The first-order valence-corrected chi connectivity index (χ1v) is 13.3. The second-order valence-electron chi connectivity index (χ2n) is 9.51. The molecule has 1 amide bonds. The number of para-hydroxylation sites is 1. The molecular formula is C33H30N2O5. The van der Waals surface area contributed by atoms with E-state index in [0.717, 1.165) is 18.4 Å². The molecule has 40 heavy (non-hydrogen) atoms. The zero-order valence-electron chi connectivity index (χ0n) is 22.2. The minimum atomic E-state index is -0.843. The van der Waals surface area contributed by atoms with E-state index in [1.54, 1.807) is 60.9 Å². The van der Waals surface area contributed by atoms with Gasteiger partial charge in [-0.3, -0.25) is 14.6 Å². The minimum Gasteiger partial charge on any atom is -0.507 e. The highest BCUT2D eigenvalue weighted by Crippen LogP contribution is 2.41. The topological polar surface area (TPSA) is 89.0 Å². The Bertz CT molecular complexity index is 1520. The Balaban J connectivity index is 1.57. The summed E-state index contributed by atoms with van der Waals surface area (Å²) in [5.74, 6) is 0.0772. The Morgan fingerprint density at radius 1 is 0.900 bits per heavy atom. The first-order chi connectivity index (χ1) is 19.5. The summed E-state index contributed by atoms with van der Waals surface area (Å²) in [6, 6.07) is 26.3. The smallest absolute Gasteiger partial charge is 0.295 e. The molecule has 7 heteroatoms. The molecule has 0 spiro atoms. The van der Waals surface area contributed by atoms with Crippen molar-refractivity contribution < 1.29 is 24.2 Å². The average Bonchev–Trinajstić information content (AvgIpc) is 3.23. The van der Waals surface area contributed by atoms with Gasteiger partial charge in [-0.05, 0) is 60.0 Å². The molecule has 0 radical (unpaired) electrons. The van der Waals surface area contributed by atoms with Gasteiger partial charge in [-0.15, -0.1) is 0 Å². The van der Waals surface area contributed by atoms with Gasteiger partial charge in [-0.1, -0.05) is 61.9 Å². The highest BCUT2D eigenvalue weighted by atomic mass is 16.5. The lowest BCUT2D eigenvalue weighted by Gasteiger charge is -2.25. The van der Waals surface area contributed by atoms with Crippen LogP contribution < -0.4 is 9.47 Å². The van der Waals surface area contributed by atoms with Gasteiger partial charge in [0.2, 0.25) is 0 Å². The number of hydrogen-bond acceptors (Lipinski definition) is 6. The number of likely N-dealkylation sites (tertiary alicyclic amines) is 1. The molecular weight excluding hydrogens is 504 g/mol. The summed E-state index contributed by atoms with van der Waals surface area (Å²) in [6.07, 6.45) is 5.20. The fraction of sp³-hybridized carbons (Fsp3) is 0.182. The summed E-state index contributed by atoms with van der Waals surface area (Å²) in [5, 5.41) is 11.5. The maximum absolute atomic E-state index is 13.5. The van der Waals surface area contributed by atoms with E-state index >= 15 is 0 Å². The molecule has 0 aliphatic carbocycles. The van der Waals surface area contributed by atoms with Crippen LogP contribution in [-0.4, -0.2) is 33.3 Å². The van der Waals surface area contributed by atoms with E-state index in [-0.39, 0.29) is 17.9 Å². The third-order valence-corrected chi connectivity index (χ3v) is 6.64. The normalized spacial score (nSPS) is 16.2. The van der Waals surface area contributed by atoms with Crippen molar-refractivity contribution in [1.82, 2.24) is 9.88 Å². The van der Waals surface area contributed by atoms with Crippen molar-refractivity contribution in [3.63, 3.8) is 0 Å². The molecule has 7 nitrogen and oxygen atoms in total. The van der Waals surface area contributed by atoms with Crippen molar-refractivity contribution in [2.75, 3.05) is 6.61 Å². The lowest BCUT2D eigenvalue weighted by atomic mass is 9.95. The van der Waals surface area contributed by atoms with E-state index in [9.17, 15) is 14.7 Å². The van der Waals surface area contributed by atoms with Gasteiger partial charge in [0.05, 0.1) is 18.2 Å². The van der Waals surface area contributed by atoms with Gasteiger partial charge in [-0.2, -0.15) is 0 Å². The quantitative estimate of drug-likeness (QED) is 0.106. The Labute approximate surface area is 233 Å². The van der Waals surface area contributed by atoms with Crippen LogP contribution in [0.1, 0.15) is 42.5 Å². The first kappa shape index (κ1) is 26.7. The second kappa shape index (κ2) is 12.3. The van der Waals surface area contributed by atoms with E-state index in [1.807, 2.05) is 42.5 Å². The molecule has 2 heterocycles. The number of ether oxygens (including phenoxy) is 2. The lowest BCUT2D eigenvalue weighted by molar-refractivity contribution is -0.140. The van der Waals surface area contributed by atoms with Gasteiger partial charge in [0.25, 0.3) is 11.7 Å². The fourth-order valence-corrected chi connectivity index (χ4v) is 4.67. The predicted octanol–water partition coefficient (Wildman–Crippen LogP) is 6.67. The molecule has 0 saturated carbocycles. The number of rotatable bonds is 10. The minimum absolute atomic E-state index is 0.0106. The molecule has 1 atom stereocenters. The van der Waals surface area contributed by atoms with Gasteiger partial charge < -0.3 is 19.5 Å². The van der Waals surface area contributed by atoms with E-state index in [1.165, 1.54) is 4.90 Å². The Morgan fingerprint density at radius 2 is 1.68 bits per heavy atom. The largest absolute Gasteiger partial charge is 0.507 e. The van der Waals surface area contributed by atoms with Crippen LogP contribution in [-0.2, 0) is 16.1 Å². The summed E-state index contributed by atoms with van der Waals surface area (Å²) in [7, 11) is 0. The SMILES string of the molecule is CCCCOc1cccc(/C(O)=C2\C(=O)C(=O)N(Cc3cccnc3)C2c2cccc(Oc3ccccc3)c2)c1. The molecule has 0 bridgehead atoms. The number of carbonyl (C=O) groups excluding carboxylic acids is 2. The average molecular weight is 535 g/mol. The summed E-state index contributed by atoms with van der Waals surface area (Å²) < 4.78 is 11.8. The van der Waals surface area contributed by atoms with Crippen molar-refractivity contribution in [3.05, 3.63) is 126 Å². The molecule has 1 aromatic heterocycles. The zero-order valence-corrected chi connectivity index (χ0v) is 22.2. The maximum atomic E-state index is 13.5. The molecule has 1 N–H and O–H groups in total. The number of amides is 1. The van der Waals surface area contributed by atoms with Crippen molar-refractivity contribution in [3.8, 4) is 17.2 Å². The zero-order chi connectivity index (χ0) is 27.9. The number of hydrogen-bond donors (Lipinski definition) is 1. The third-order valence-electron chi connectivity index (χ3n) is 6.64. The van der Waals surface area contributed by atoms with Crippen LogP contribution in [0.2, 0.25) is 0 Å². The number of carbonyl (C=O) groups is 2. The monoisotopic (exact) mass is 534 g/mol. The van der Waals surface area contributed by atoms with Crippen molar-refractivity contribution in [2.45, 2.75) is 32.4 Å². The number of Topliss-reactive ketones (excluding diaryl/α,β-unsaturated/α-hetero) is 1. The summed E-state index contributed by atoms with van der Waals surface area (Å²) in [6.45, 7) is 2.77. The number of nitrogens with zero attached hydrogens (tertiary/aromatic N) is 2. The Morgan fingerprint density at radius 3 is 2.45 bits per heavy atom. The van der Waals surface area contributed by atoms with Gasteiger partial charge in [0.15, 0.2) is 0 Å². The van der Waals surface area contributed by atoms with Gasteiger partial charge >= 0.3 is 0 Å². The van der Waals surface area contributed by atoms with Crippen molar-refractivity contribution in [1.29, 1.82) is 0 Å². The third kappa shape index (κ3) is 5.89. The van der Waals surface area contributed by atoms with Crippen LogP contribution in [0.15, 0.2) is 109 Å². The summed E-state index contributed by atoms with van der Waals surface area (Å²) in [5.41, 5.74) is 1.80. The van der Waals surface area contributed by atoms with E-state index in [0.29, 0.717) is 35.0 Å². The Hall–Kier alpha value is -4.91. The number of aromatic nitrogens is 1. The molecule has 1 aliphatic heterocycles. The molecule has 3 aromatic carbocycles. The molecule has 1 saturated heterocycles. The number of pyridine rings is 1. The van der Waals surface area contributed by atoms with Gasteiger partial charge in [-0.25, -0.2) is 0 Å².